The van der Waals surface area contributed by atoms with Crippen LogP contribution in [0.2, 0.25) is 5.02 Å². The van der Waals surface area contributed by atoms with E-state index < -0.39 is 6.10 Å². The van der Waals surface area contributed by atoms with Crippen LogP contribution in [0.1, 0.15) is 19.3 Å². The largest absolute Gasteiger partial charge is 0.488 e. The summed E-state index contributed by atoms with van der Waals surface area (Å²) >= 11 is 6.01. The molecule has 0 unspecified atom stereocenters. The van der Waals surface area contributed by atoms with Crippen LogP contribution < -0.4 is 4.74 Å². The number of tetrazole rings is 1. The summed E-state index contributed by atoms with van der Waals surface area (Å²) in [6, 6.07) is 7.21. The van der Waals surface area contributed by atoms with Crippen molar-refractivity contribution >= 4 is 17.5 Å². The van der Waals surface area contributed by atoms with Gasteiger partial charge in [-0.1, -0.05) is 17.7 Å². The fraction of sp³-hybridized carbons (Fsp3) is 0.556. The summed E-state index contributed by atoms with van der Waals surface area (Å²) in [4.78, 5) is 14.4. The van der Waals surface area contributed by atoms with E-state index in [1.807, 2.05) is 17.0 Å². The summed E-state index contributed by atoms with van der Waals surface area (Å²) in [6.07, 6.45) is 2.44. The van der Waals surface area contributed by atoms with Crippen molar-refractivity contribution in [1.29, 1.82) is 0 Å². The van der Waals surface area contributed by atoms with E-state index in [0.29, 0.717) is 55.1 Å². The van der Waals surface area contributed by atoms with E-state index in [0.717, 1.165) is 6.42 Å². The monoisotopic (exact) mass is 391 g/mol. The maximum atomic E-state index is 12.5. The predicted octanol–water partition coefficient (Wildman–Crippen LogP) is 1.39. The molecule has 1 aromatic heterocycles. The lowest BCUT2D eigenvalue weighted by Gasteiger charge is -2.35. The maximum Gasteiger partial charge on any atom is 0.224 e. The van der Waals surface area contributed by atoms with E-state index in [4.69, 9.17) is 16.3 Å². The average Bonchev–Trinajstić information content (AvgIpc) is 3.29. The SMILES string of the molecule is O=C(CCn1cnnn1)N1C[C@H]2C[C@@H](Oc3cccc(Cl)c3)[C@H](O)C[C@H]2C1. The number of nitrogens with zero attached hydrogens (tertiary/aromatic N) is 5. The molecule has 0 radical (unpaired) electrons. The van der Waals surface area contributed by atoms with Crippen LogP contribution in [-0.4, -0.2) is 61.4 Å². The maximum absolute atomic E-state index is 12.5. The second kappa shape index (κ2) is 7.82. The lowest BCUT2D eigenvalue weighted by molar-refractivity contribution is -0.130. The third-order valence-corrected chi connectivity index (χ3v) is 5.70. The Morgan fingerprint density at radius 2 is 2.11 bits per heavy atom. The van der Waals surface area contributed by atoms with Gasteiger partial charge in [-0.2, -0.15) is 0 Å². The number of aliphatic hydroxyl groups excluding tert-OH is 1. The van der Waals surface area contributed by atoms with Gasteiger partial charge < -0.3 is 14.7 Å². The van der Waals surface area contributed by atoms with Crippen molar-refractivity contribution in [3.8, 4) is 5.75 Å². The Labute approximate surface area is 162 Å². The molecule has 1 aliphatic carbocycles. The molecule has 1 N–H and O–H groups in total. The number of benzene rings is 1. The number of amides is 1. The number of rotatable bonds is 5. The Kier molecular flexibility index (Phi) is 5.27. The molecule has 4 rings (SSSR count). The molecule has 1 saturated heterocycles. The highest BCUT2D eigenvalue weighted by Crippen LogP contribution is 2.38. The molecule has 1 saturated carbocycles. The number of likely N-dealkylation sites (tertiary alicyclic amines) is 1. The second-order valence-corrected chi connectivity index (χ2v) is 7.73. The zero-order valence-corrected chi connectivity index (χ0v) is 15.6. The number of ether oxygens (including phenoxy) is 1. The Balaban J connectivity index is 1.33. The fourth-order valence-electron chi connectivity index (χ4n) is 4.09. The van der Waals surface area contributed by atoms with E-state index in [-0.39, 0.29) is 12.0 Å². The number of aromatic nitrogens is 4. The van der Waals surface area contributed by atoms with Gasteiger partial charge in [-0.15, -0.1) is 5.10 Å². The number of aliphatic hydroxyl groups is 1. The molecule has 2 heterocycles. The van der Waals surface area contributed by atoms with Crippen LogP contribution in [0, 0.1) is 11.8 Å². The van der Waals surface area contributed by atoms with Gasteiger partial charge in [0.25, 0.3) is 0 Å². The van der Waals surface area contributed by atoms with Crippen molar-refractivity contribution in [3.63, 3.8) is 0 Å². The Morgan fingerprint density at radius 1 is 1.30 bits per heavy atom. The summed E-state index contributed by atoms with van der Waals surface area (Å²) in [6.45, 7) is 1.88. The van der Waals surface area contributed by atoms with Gasteiger partial charge in [-0.25, -0.2) is 4.68 Å². The van der Waals surface area contributed by atoms with Crippen molar-refractivity contribution < 1.29 is 14.6 Å². The van der Waals surface area contributed by atoms with Gasteiger partial charge in [-0.05, 0) is 53.3 Å². The van der Waals surface area contributed by atoms with E-state index in [1.165, 1.54) is 6.33 Å². The molecular weight excluding hydrogens is 370 g/mol. The number of carbonyl (C=O) groups excluding carboxylic acids is 1. The van der Waals surface area contributed by atoms with Gasteiger partial charge >= 0.3 is 0 Å². The van der Waals surface area contributed by atoms with E-state index in [1.54, 1.807) is 16.8 Å². The molecule has 2 fully saturated rings. The molecule has 2 aromatic rings. The minimum absolute atomic E-state index is 0.0988. The highest BCUT2D eigenvalue weighted by atomic mass is 35.5. The van der Waals surface area contributed by atoms with E-state index >= 15 is 0 Å². The van der Waals surface area contributed by atoms with Crippen molar-refractivity contribution in [2.24, 2.45) is 11.8 Å². The van der Waals surface area contributed by atoms with E-state index in [9.17, 15) is 9.90 Å². The van der Waals surface area contributed by atoms with Crippen LogP contribution in [-0.2, 0) is 11.3 Å². The highest BCUT2D eigenvalue weighted by Gasteiger charge is 2.43. The lowest BCUT2D eigenvalue weighted by atomic mass is 9.78. The minimum atomic E-state index is -0.540. The first-order valence-corrected chi connectivity index (χ1v) is 9.55. The molecule has 144 valence electrons. The van der Waals surface area contributed by atoms with Crippen LogP contribution >= 0.6 is 11.6 Å². The molecule has 1 aliphatic heterocycles. The van der Waals surface area contributed by atoms with E-state index in [2.05, 4.69) is 15.5 Å². The summed E-state index contributed by atoms with van der Waals surface area (Å²) in [5.74, 6) is 1.42. The fourth-order valence-corrected chi connectivity index (χ4v) is 4.27. The molecule has 27 heavy (non-hydrogen) atoms. The van der Waals surface area contributed by atoms with Crippen molar-refractivity contribution in [3.05, 3.63) is 35.6 Å². The zero-order chi connectivity index (χ0) is 18.8. The molecule has 0 spiro atoms. The van der Waals surface area contributed by atoms with Crippen molar-refractivity contribution in [2.45, 2.75) is 38.0 Å². The second-order valence-electron chi connectivity index (χ2n) is 7.29. The smallest absolute Gasteiger partial charge is 0.224 e. The van der Waals surface area contributed by atoms with Crippen LogP contribution in [0.4, 0.5) is 0 Å². The van der Waals surface area contributed by atoms with Crippen LogP contribution in [0.3, 0.4) is 0 Å². The third kappa shape index (κ3) is 4.22. The molecule has 0 bridgehead atoms. The molecule has 1 amide bonds. The molecular formula is C18H22ClN5O3. The topological polar surface area (TPSA) is 93.4 Å². The van der Waals surface area contributed by atoms with Gasteiger partial charge in [0, 0.05) is 24.5 Å². The first-order valence-electron chi connectivity index (χ1n) is 9.17. The number of hydrogen-bond donors (Lipinski definition) is 1. The predicted molar refractivity (Wildman–Crippen MR) is 97.1 cm³/mol. The van der Waals surface area contributed by atoms with Crippen molar-refractivity contribution in [1.82, 2.24) is 25.1 Å². The lowest BCUT2D eigenvalue weighted by Crippen LogP contribution is -2.42. The highest BCUT2D eigenvalue weighted by molar-refractivity contribution is 6.30. The standard InChI is InChI=1S/C18H22ClN5O3/c19-14-2-1-3-15(8-14)27-17-7-13-10-23(9-12(13)6-16(17)25)18(26)4-5-24-11-20-21-22-24/h1-3,8,11-13,16-17,25H,4-7,9-10H2/t12-,13+,16+,17+/m0/s1. The van der Waals surface area contributed by atoms with Gasteiger partial charge in [-0.3, -0.25) is 4.79 Å². The van der Waals surface area contributed by atoms with Crippen LogP contribution in [0.15, 0.2) is 30.6 Å². The number of hydrogen-bond acceptors (Lipinski definition) is 6. The number of carbonyl (C=O) groups is 1. The summed E-state index contributed by atoms with van der Waals surface area (Å²) < 4.78 is 7.54. The quantitative estimate of drug-likeness (QED) is 0.827. The van der Waals surface area contributed by atoms with Gasteiger partial charge in [0.15, 0.2) is 0 Å². The van der Waals surface area contributed by atoms with Gasteiger partial charge in [0.05, 0.1) is 12.6 Å². The number of aryl methyl sites for hydroxylation is 1. The Morgan fingerprint density at radius 3 is 2.85 bits per heavy atom. The van der Waals surface area contributed by atoms with Crippen LogP contribution in [0.25, 0.3) is 0 Å². The summed E-state index contributed by atoms with van der Waals surface area (Å²) in [7, 11) is 0. The number of fused-ring (bicyclic) bond motifs is 1. The van der Waals surface area contributed by atoms with Gasteiger partial charge in [0.1, 0.15) is 18.2 Å². The Hall–Kier alpha value is -2.19. The zero-order valence-electron chi connectivity index (χ0n) is 14.8. The average molecular weight is 392 g/mol. The summed E-state index contributed by atoms with van der Waals surface area (Å²) in [5.41, 5.74) is 0. The minimum Gasteiger partial charge on any atom is -0.488 e. The first-order chi connectivity index (χ1) is 13.1. The van der Waals surface area contributed by atoms with Crippen LogP contribution in [0.5, 0.6) is 5.75 Å². The molecule has 8 nitrogen and oxygen atoms in total. The molecule has 4 atom stereocenters. The van der Waals surface area contributed by atoms with Gasteiger partial charge in [0.2, 0.25) is 5.91 Å². The third-order valence-electron chi connectivity index (χ3n) is 5.47. The number of halogens is 1. The summed E-state index contributed by atoms with van der Waals surface area (Å²) in [5, 5.41) is 22.0. The molecule has 2 aliphatic rings. The van der Waals surface area contributed by atoms with Crippen molar-refractivity contribution in [2.75, 3.05) is 13.1 Å². The Bertz CT molecular complexity index is 787. The molecule has 9 heteroatoms. The first kappa shape index (κ1) is 18.2. The normalized spacial score (nSPS) is 27.4. The molecule has 1 aromatic carbocycles.